The predicted octanol–water partition coefficient (Wildman–Crippen LogP) is 2.34. The van der Waals surface area contributed by atoms with E-state index in [2.05, 4.69) is 24.8 Å². The van der Waals surface area contributed by atoms with Crippen molar-refractivity contribution in [2.75, 3.05) is 0 Å². The fourth-order valence-corrected chi connectivity index (χ4v) is 3.20. The van der Waals surface area contributed by atoms with Gasteiger partial charge in [0.05, 0.1) is 0 Å². The molecule has 0 radical (unpaired) electrons. The number of fused-ring (bicyclic) bond motifs is 1. The number of rotatable bonds is 2. The zero-order valence-corrected chi connectivity index (χ0v) is 9.77. The first-order chi connectivity index (χ1) is 7.15. The monoisotopic (exact) mass is 214 g/mol. The second kappa shape index (κ2) is 3.64. The first-order valence-corrected chi connectivity index (χ1v) is 7.52. The average molecular weight is 214 g/mol. The van der Waals surface area contributed by atoms with Gasteiger partial charge in [-0.1, -0.05) is 48.2 Å². The second-order valence-electron chi connectivity index (χ2n) is 3.88. The quantitative estimate of drug-likeness (QED) is 0.761. The Morgan fingerprint density at radius 3 is 2.53 bits per heavy atom. The van der Waals surface area contributed by atoms with E-state index >= 15 is 0 Å². The molecule has 2 heteroatoms. The first kappa shape index (κ1) is 10.1. The molecule has 15 heavy (non-hydrogen) atoms. The van der Waals surface area contributed by atoms with Gasteiger partial charge in [0.1, 0.15) is 0 Å². The van der Waals surface area contributed by atoms with Crippen molar-refractivity contribution in [3.63, 3.8) is 0 Å². The molecule has 0 aliphatic carbocycles. The minimum atomic E-state index is -2.45. The van der Waals surface area contributed by atoms with Gasteiger partial charge in [-0.15, -0.1) is 6.58 Å². The molecular weight excluding hydrogens is 200 g/mol. The van der Waals surface area contributed by atoms with Gasteiger partial charge in [-0.05, 0) is 22.5 Å². The van der Waals surface area contributed by atoms with Crippen molar-refractivity contribution < 1.29 is 4.80 Å². The van der Waals surface area contributed by atoms with Gasteiger partial charge >= 0.3 is 0 Å². The summed E-state index contributed by atoms with van der Waals surface area (Å²) in [5, 5.41) is 3.34. The van der Waals surface area contributed by atoms with Gasteiger partial charge in [0.15, 0.2) is 0 Å². The summed E-state index contributed by atoms with van der Waals surface area (Å²) in [5.41, 5.74) is 1.70. The van der Waals surface area contributed by atoms with Crippen LogP contribution in [0.2, 0.25) is 6.55 Å². The van der Waals surface area contributed by atoms with Crippen molar-refractivity contribution in [2.45, 2.75) is 6.55 Å². The topological polar surface area (TPSA) is 20.2 Å². The maximum Gasteiger partial charge on any atom is 0.242 e. The van der Waals surface area contributed by atoms with Crippen molar-refractivity contribution in [2.24, 2.45) is 0 Å². The molecule has 0 saturated heterocycles. The van der Waals surface area contributed by atoms with Gasteiger partial charge in [-0.2, -0.15) is 0 Å². The van der Waals surface area contributed by atoms with E-state index in [0.717, 1.165) is 10.6 Å². The molecule has 0 bridgehead atoms. The lowest BCUT2D eigenvalue weighted by Gasteiger charge is -2.17. The maximum absolute atomic E-state index is 10.3. The largest absolute Gasteiger partial charge is 0.424 e. The Labute approximate surface area is 90.8 Å². The summed E-state index contributed by atoms with van der Waals surface area (Å²) in [6.45, 7) is 5.62. The van der Waals surface area contributed by atoms with Gasteiger partial charge in [0, 0.05) is 0 Å². The van der Waals surface area contributed by atoms with Crippen molar-refractivity contribution in [3.05, 3.63) is 54.7 Å². The van der Waals surface area contributed by atoms with E-state index in [1.54, 1.807) is 5.70 Å². The summed E-state index contributed by atoms with van der Waals surface area (Å²) in [6, 6.07) is 14.2. The molecule has 0 saturated carbocycles. The minimum Gasteiger partial charge on any atom is -0.424 e. The van der Waals surface area contributed by atoms with E-state index in [1.807, 2.05) is 30.8 Å². The third kappa shape index (κ3) is 1.74. The van der Waals surface area contributed by atoms with Crippen LogP contribution < -0.4 is 5.19 Å². The zero-order chi connectivity index (χ0) is 10.9. The van der Waals surface area contributed by atoms with Crippen LogP contribution in [0.3, 0.4) is 0 Å². The smallest absolute Gasteiger partial charge is 0.242 e. The molecule has 76 valence electrons. The third-order valence-electron chi connectivity index (χ3n) is 2.73. The highest BCUT2D eigenvalue weighted by atomic mass is 28.4. The van der Waals surface area contributed by atoms with Gasteiger partial charge in [-0.25, -0.2) is 0 Å². The Kier molecular flexibility index (Phi) is 2.46. The molecule has 2 aromatic rings. The first-order valence-electron chi connectivity index (χ1n) is 4.99. The van der Waals surface area contributed by atoms with Crippen LogP contribution in [-0.4, -0.2) is 13.1 Å². The molecule has 1 nitrogen and oxygen atoms in total. The van der Waals surface area contributed by atoms with Gasteiger partial charge < -0.3 is 4.80 Å². The average Bonchev–Trinajstić information content (AvgIpc) is 2.28. The van der Waals surface area contributed by atoms with Crippen molar-refractivity contribution in [1.29, 1.82) is 0 Å². The molecular formula is C13H14OSi. The zero-order valence-electron chi connectivity index (χ0n) is 8.77. The molecule has 0 aliphatic rings. The SMILES string of the molecule is C=C[Si](C)(O)c1cccc2ccccc12. The molecule has 1 atom stereocenters. The molecule has 0 heterocycles. The van der Waals surface area contributed by atoms with Crippen LogP contribution in [0.1, 0.15) is 0 Å². The number of hydrogen-bond acceptors (Lipinski definition) is 1. The molecule has 0 spiro atoms. The highest BCUT2D eigenvalue weighted by Gasteiger charge is 2.24. The van der Waals surface area contributed by atoms with E-state index in [9.17, 15) is 4.80 Å². The summed E-state index contributed by atoms with van der Waals surface area (Å²) in [4.78, 5) is 10.3. The van der Waals surface area contributed by atoms with Gasteiger partial charge in [0.25, 0.3) is 0 Å². The Morgan fingerprint density at radius 2 is 1.80 bits per heavy atom. The second-order valence-corrected chi connectivity index (χ2v) is 7.12. The van der Waals surface area contributed by atoms with Gasteiger partial charge in [0.2, 0.25) is 8.32 Å². The van der Waals surface area contributed by atoms with Crippen LogP contribution in [0.25, 0.3) is 10.8 Å². The van der Waals surface area contributed by atoms with Crippen LogP contribution in [0.5, 0.6) is 0 Å². The molecule has 1 unspecified atom stereocenters. The normalized spacial score (nSPS) is 14.8. The molecule has 1 N–H and O–H groups in total. The van der Waals surface area contributed by atoms with Crippen molar-refractivity contribution in [3.8, 4) is 0 Å². The van der Waals surface area contributed by atoms with Crippen molar-refractivity contribution >= 4 is 24.3 Å². The summed E-state index contributed by atoms with van der Waals surface area (Å²) in [7, 11) is -2.45. The van der Waals surface area contributed by atoms with Crippen LogP contribution in [0.4, 0.5) is 0 Å². The van der Waals surface area contributed by atoms with E-state index in [4.69, 9.17) is 0 Å². The summed E-state index contributed by atoms with van der Waals surface area (Å²) < 4.78 is 0. The van der Waals surface area contributed by atoms with Gasteiger partial charge in [-0.3, -0.25) is 0 Å². The highest BCUT2D eigenvalue weighted by Crippen LogP contribution is 2.14. The lowest BCUT2D eigenvalue weighted by molar-refractivity contribution is 0.575. The van der Waals surface area contributed by atoms with E-state index in [1.165, 1.54) is 5.39 Å². The van der Waals surface area contributed by atoms with Crippen LogP contribution in [0, 0.1) is 0 Å². The Hall–Kier alpha value is -1.38. The summed E-state index contributed by atoms with van der Waals surface area (Å²) in [5.74, 6) is 0. The molecule has 2 aromatic carbocycles. The maximum atomic E-state index is 10.3. The summed E-state index contributed by atoms with van der Waals surface area (Å²) >= 11 is 0. The Bertz CT molecular complexity index is 497. The van der Waals surface area contributed by atoms with E-state index in [-0.39, 0.29) is 0 Å². The van der Waals surface area contributed by atoms with E-state index < -0.39 is 8.32 Å². The van der Waals surface area contributed by atoms with E-state index in [0.29, 0.717) is 0 Å². The Morgan fingerprint density at radius 1 is 1.13 bits per heavy atom. The lowest BCUT2D eigenvalue weighted by atomic mass is 10.1. The molecule has 0 fully saturated rings. The molecule has 2 rings (SSSR count). The number of hydrogen-bond donors (Lipinski definition) is 1. The third-order valence-corrected chi connectivity index (χ3v) is 5.05. The fraction of sp³-hybridized carbons (Fsp3) is 0.0769. The van der Waals surface area contributed by atoms with Crippen LogP contribution >= 0.6 is 0 Å². The standard InChI is InChI=1S/C13H14OSi/c1-3-15(2,14)13-10-6-8-11-7-4-5-9-12(11)13/h3-10,14H,1H2,2H3. The summed E-state index contributed by atoms with van der Waals surface area (Å²) in [6.07, 6.45) is 0. The highest BCUT2D eigenvalue weighted by molar-refractivity contribution is 6.90. The van der Waals surface area contributed by atoms with Crippen molar-refractivity contribution in [1.82, 2.24) is 0 Å². The Balaban J connectivity index is 2.76. The number of benzene rings is 2. The molecule has 0 aliphatic heterocycles. The lowest BCUT2D eigenvalue weighted by Crippen LogP contribution is -2.43. The predicted molar refractivity (Wildman–Crippen MR) is 67.6 cm³/mol. The molecule has 0 amide bonds. The minimum absolute atomic E-state index is 1.04. The fourth-order valence-electron chi connectivity index (χ4n) is 1.78. The van der Waals surface area contributed by atoms with Crippen LogP contribution in [0.15, 0.2) is 54.7 Å². The molecule has 0 aromatic heterocycles. The van der Waals surface area contributed by atoms with Crippen LogP contribution in [-0.2, 0) is 0 Å².